The average molecular weight is 465 g/mol. The lowest BCUT2D eigenvalue weighted by Gasteiger charge is -2.38. The van der Waals surface area contributed by atoms with Gasteiger partial charge in [0.25, 0.3) is 0 Å². The van der Waals surface area contributed by atoms with E-state index in [-0.39, 0.29) is 12.0 Å². The largest absolute Gasteiger partial charge is 0.379 e. The summed E-state index contributed by atoms with van der Waals surface area (Å²) in [6, 6.07) is 11.0. The average Bonchev–Trinajstić information content (AvgIpc) is 3.24. The van der Waals surface area contributed by atoms with E-state index in [1.54, 1.807) is 18.2 Å². The number of hydrogen-bond acceptors (Lipinski definition) is 4. The van der Waals surface area contributed by atoms with Crippen LogP contribution < -0.4 is 5.32 Å². The molecule has 3 atom stereocenters. The number of halogens is 2. The van der Waals surface area contributed by atoms with Gasteiger partial charge in [-0.25, -0.2) is 8.42 Å². The predicted molar refractivity (Wildman–Crippen MR) is 119 cm³/mol. The van der Waals surface area contributed by atoms with E-state index in [0.717, 1.165) is 23.2 Å². The molecule has 0 aromatic heterocycles. The normalized spacial score (nSPS) is 26.1. The number of nitrogens with zero attached hydrogens (tertiary/aromatic N) is 1. The van der Waals surface area contributed by atoms with Crippen molar-refractivity contribution in [3.63, 3.8) is 0 Å². The molecule has 1 N–H and O–H groups in total. The summed E-state index contributed by atoms with van der Waals surface area (Å²) in [4.78, 5) is 0.315. The molecule has 0 unspecified atom stereocenters. The lowest BCUT2D eigenvalue weighted by atomic mass is 9.77. The lowest BCUT2D eigenvalue weighted by molar-refractivity contribution is 0.0730. The second kappa shape index (κ2) is 7.84. The van der Waals surface area contributed by atoms with E-state index < -0.39 is 10.0 Å². The van der Waals surface area contributed by atoms with Gasteiger partial charge in [0.2, 0.25) is 10.0 Å². The molecule has 3 aliphatic rings. The first kappa shape index (κ1) is 20.3. The Kier molecular flexibility index (Phi) is 5.32. The van der Waals surface area contributed by atoms with Gasteiger partial charge in [-0.15, -0.1) is 0 Å². The number of sulfonamides is 1. The maximum atomic E-state index is 12.9. The van der Waals surface area contributed by atoms with Crippen LogP contribution >= 0.6 is 23.2 Å². The van der Waals surface area contributed by atoms with Crippen LogP contribution in [0.25, 0.3) is 0 Å². The number of fused-ring (bicyclic) bond motifs is 3. The highest BCUT2D eigenvalue weighted by Gasteiger charge is 2.39. The monoisotopic (exact) mass is 464 g/mol. The summed E-state index contributed by atoms with van der Waals surface area (Å²) in [6.45, 7) is 1.65. The number of allylic oxidation sites excluding steroid dienone is 2. The van der Waals surface area contributed by atoms with Gasteiger partial charge in [-0.2, -0.15) is 4.31 Å². The fourth-order valence-electron chi connectivity index (χ4n) is 4.73. The summed E-state index contributed by atoms with van der Waals surface area (Å²) < 4.78 is 32.6. The number of anilines is 1. The smallest absolute Gasteiger partial charge is 0.243 e. The Balaban J connectivity index is 1.46. The van der Waals surface area contributed by atoms with Crippen molar-refractivity contribution in [3.8, 4) is 0 Å². The molecule has 2 heterocycles. The van der Waals surface area contributed by atoms with Crippen LogP contribution in [0.4, 0.5) is 5.69 Å². The molecule has 0 spiro atoms. The molecule has 0 radical (unpaired) electrons. The fraction of sp³-hybridized carbons (Fsp3) is 0.364. The van der Waals surface area contributed by atoms with Crippen molar-refractivity contribution in [3.05, 3.63) is 69.7 Å². The third-order valence-electron chi connectivity index (χ3n) is 6.23. The molecule has 0 bridgehead atoms. The summed E-state index contributed by atoms with van der Waals surface area (Å²) >= 11 is 12.7. The van der Waals surface area contributed by atoms with Crippen LogP contribution in [0.1, 0.15) is 29.5 Å². The van der Waals surface area contributed by atoms with Gasteiger partial charge in [-0.3, -0.25) is 0 Å². The molecule has 0 saturated carbocycles. The van der Waals surface area contributed by atoms with E-state index in [9.17, 15) is 8.42 Å². The predicted octanol–water partition coefficient (Wildman–Crippen LogP) is 4.84. The Bertz CT molecular complexity index is 1100. The minimum Gasteiger partial charge on any atom is -0.379 e. The molecular weight excluding hydrogens is 443 g/mol. The molecule has 1 saturated heterocycles. The number of morpholine rings is 1. The first-order valence-electron chi connectivity index (χ1n) is 10.0. The van der Waals surface area contributed by atoms with Gasteiger partial charge in [0.1, 0.15) is 0 Å². The topological polar surface area (TPSA) is 58.6 Å². The van der Waals surface area contributed by atoms with Crippen LogP contribution in [0.3, 0.4) is 0 Å². The van der Waals surface area contributed by atoms with Crippen molar-refractivity contribution in [1.82, 2.24) is 4.31 Å². The third kappa shape index (κ3) is 3.45. The standard InChI is InChI=1S/C22H22Cl2N2O3S/c23-15-12-19-17-2-1-3-18(17)21(25-22(19)20(24)13-15)14-4-6-16(7-5-14)30(27,28)26-8-10-29-11-9-26/h1-2,4-7,12-13,17-18,21,25H,3,8-11H2/t17-,18+,21-/m0/s1. The maximum absolute atomic E-state index is 12.9. The summed E-state index contributed by atoms with van der Waals surface area (Å²) in [5.41, 5.74) is 3.07. The summed E-state index contributed by atoms with van der Waals surface area (Å²) in [6.07, 6.45) is 5.37. The van der Waals surface area contributed by atoms with E-state index >= 15 is 0 Å². The highest BCUT2D eigenvalue weighted by Crippen LogP contribution is 2.52. The van der Waals surface area contributed by atoms with Gasteiger partial charge < -0.3 is 10.1 Å². The first-order chi connectivity index (χ1) is 14.4. The highest BCUT2D eigenvalue weighted by molar-refractivity contribution is 7.89. The van der Waals surface area contributed by atoms with Gasteiger partial charge in [0, 0.05) is 24.0 Å². The molecular formula is C22H22Cl2N2O3S. The molecule has 5 nitrogen and oxygen atoms in total. The van der Waals surface area contributed by atoms with Crippen LogP contribution in [0.2, 0.25) is 10.0 Å². The number of benzene rings is 2. The fourth-order valence-corrected chi connectivity index (χ4v) is 6.71. The van der Waals surface area contributed by atoms with Gasteiger partial charge in [-0.05, 0) is 47.7 Å². The van der Waals surface area contributed by atoms with Gasteiger partial charge in [0.05, 0.1) is 34.9 Å². The number of hydrogen-bond donors (Lipinski definition) is 1. The molecule has 2 aromatic rings. The van der Waals surface area contributed by atoms with Crippen molar-refractivity contribution in [1.29, 1.82) is 0 Å². The Hall–Kier alpha value is -1.57. The van der Waals surface area contributed by atoms with Crippen molar-refractivity contribution in [2.75, 3.05) is 31.6 Å². The van der Waals surface area contributed by atoms with Gasteiger partial charge in [0.15, 0.2) is 0 Å². The molecule has 8 heteroatoms. The Labute approximate surface area is 186 Å². The van der Waals surface area contributed by atoms with Crippen molar-refractivity contribution < 1.29 is 13.2 Å². The molecule has 158 valence electrons. The van der Waals surface area contributed by atoms with Crippen LogP contribution in [-0.2, 0) is 14.8 Å². The van der Waals surface area contributed by atoms with Gasteiger partial charge >= 0.3 is 0 Å². The second-order valence-electron chi connectivity index (χ2n) is 7.91. The zero-order valence-electron chi connectivity index (χ0n) is 16.2. The second-order valence-corrected chi connectivity index (χ2v) is 10.7. The minimum atomic E-state index is -3.50. The zero-order chi connectivity index (χ0) is 20.9. The quantitative estimate of drug-likeness (QED) is 0.660. The number of rotatable bonds is 3. The SMILES string of the molecule is O=S(=O)(c1ccc([C@@H]2Nc3c(Cl)cc(Cl)cc3[C@H]3C=CC[C@H]32)cc1)N1CCOCC1. The van der Waals surface area contributed by atoms with Crippen molar-refractivity contribution >= 4 is 38.9 Å². The third-order valence-corrected chi connectivity index (χ3v) is 8.66. The minimum absolute atomic E-state index is 0.0383. The summed E-state index contributed by atoms with van der Waals surface area (Å²) in [5, 5.41) is 4.83. The van der Waals surface area contributed by atoms with Crippen LogP contribution in [0, 0.1) is 5.92 Å². The molecule has 5 rings (SSSR count). The zero-order valence-corrected chi connectivity index (χ0v) is 18.6. The molecule has 30 heavy (non-hydrogen) atoms. The van der Waals surface area contributed by atoms with E-state index in [1.807, 2.05) is 18.2 Å². The molecule has 2 aliphatic heterocycles. The van der Waals surface area contributed by atoms with E-state index in [2.05, 4.69) is 17.5 Å². The molecule has 1 fully saturated rings. The summed E-state index contributed by atoms with van der Waals surface area (Å²) in [5.74, 6) is 0.563. The van der Waals surface area contributed by atoms with Crippen LogP contribution in [-0.4, -0.2) is 39.0 Å². The van der Waals surface area contributed by atoms with E-state index in [1.165, 1.54) is 4.31 Å². The first-order valence-corrected chi connectivity index (χ1v) is 12.2. The maximum Gasteiger partial charge on any atom is 0.243 e. The van der Waals surface area contributed by atoms with Crippen LogP contribution in [0.15, 0.2) is 53.4 Å². The molecule has 1 aliphatic carbocycles. The Morgan fingerprint density at radius 2 is 1.80 bits per heavy atom. The Morgan fingerprint density at radius 1 is 1.07 bits per heavy atom. The van der Waals surface area contributed by atoms with E-state index in [4.69, 9.17) is 27.9 Å². The number of nitrogens with one attached hydrogen (secondary N) is 1. The number of ether oxygens (including phenoxy) is 1. The molecule has 2 aromatic carbocycles. The van der Waals surface area contributed by atoms with E-state index in [0.29, 0.717) is 47.2 Å². The Morgan fingerprint density at radius 3 is 2.53 bits per heavy atom. The van der Waals surface area contributed by atoms with Gasteiger partial charge in [-0.1, -0.05) is 47.5 Å². The van der Waals surface area contributed by atoms with Crippen molar-refractivity contribution in [2.24, 2.45) is 5.92 Å². The van der Waals surface area contributed by atoms with Crippen LogP contribution in [0.5, 0.6) is 0 Å². The molecule has 0 amide bonds. The summed E-state index contributed by atoms with van der Waals surface area (Å²) in [7, 11) is -3.50. The highest BCUT2D eigenvalue weighted by atomic mass is 35.5. The lowest BCUT2D eigenvalue weighted by Crippen LogP contribution is -2.40. The van der Waals surface area contributed by atoms with Crippen molar-refractivity contribution in [2.45, 2.75) is 23.3 Å².